The summed E-state index contributed by atoms with van der Waals surface area (Å²) in [7, 11) is 1.63. The van der Waals surface area contributed by atoms with Crippen molar-refractivity contribution in [3.8, 4) is 11.4 Å². The van der Waals surface area contributed by atoms with Gasteiger partial charge in [-0.1, -0.05) is 0 Å². The molecule has 0 aliphatic carbocycles. The van der Waals surface area contributed by atoms with E-state index in [4.69, 9.17) is 10.5 Å². The Morgan fingerprint density at radius 2 is 1.88 bits per heavy atom. The van der Waals surface area contributed by atoms with Crippen molar-refractivity contribution in [3.05, 3.63) is 35.2 Å². The van der Waals surface area contributed by atoms with Gasteiger partial charge in [-0.2, -0.15) is 5.10 Å². The van der Waals surface area contributed by atoms with E-state index in [2.05, 4.69) is 12.0 Å². The first kappa shape index (κ1) is 11.5. The molecule has 4 heteroatoms. The molecular formula is C13H17N3O. The van der Waals surface area contributed by atoms with Crippen LogP contribution in [0, 0.1) is 20.8 Å². The highest BCUT2D eigenvalue weighted by molar-refractivity contribution is 5.54. The van der Waals surface area contributed by atoms with Gasteiger partial charge in [0.05, 0.1) is 18.5 Å². The Morgan fingerprint density at radius 3 is 2.41 bits per heavy atom. The average molecular weight is 231 g/mol. The lowest BCUT2D eigenvalue weighted by Crippen LogP contribution is -2.01. The summed E-state index contributed by atoms with van der Waals surface area (Å²) in [5.41, 5.74) is 10.8. The predicted molar refractivity (Wildman–Crippen MR) is 68.7 cm³/mol. The lowest BCUT2D eigenvalue weighted by atomic mass is 10.2. The van der Waals surface area contributed by atoms with Gasteiger partial charge in [-0.05, 0) is 32.4 Å². The van der Waals surface area contributed by atoms with Gasteiger partial charge < -0.3 is 10.5 Å². The molecule has 0 saturated carbocycles. The Morgan fingerprint density at radius 1 is 1.18 bits per heavy atom. The maximum atomic E-state index is 5.85. The Hall–Kier alpha value is -1.97. The second-order valence-electron chi connectivity index (χ2n) is 4.17. The number of nitrogen functional groups attached to an aromatic ring is 1. The van der Waals surface area contributed by atoms with Crippen molar-refractivity contribution in [1.29, 1.82) is 0 Å². The summed E-state index contributed by atoms with van der Waals surface area (Å²) in [6.07, 6.45) is 0. The number of hydrogen-bond donors (Lipinski definition) is 1. The van der Waals surface area contributed by atoms with Crippen LogP contribution in [0.15, 0.2) is 18.2 Å². The predicted octanol–water partition coefficient (Wildman–Crippen LogP) is 2.39. The van der Waals surface area contributed by atoms with E-state index in [0.29, 0.717) is 5.69 Å². The minimum Gasteiger partial charge on any atom is -0.497 e. The summed E-state index contributed by atoms with van der Waals surface area (Å²) in [6, 6.07) is 5.61. The number of aromatic nitrogens is 2. The molecule has 0 radical (unpaired) electrons. The molecule has 90 valence electrons. The van der Waals surface area contributed by atoms with Crippen LogP contribution in [0.4, 0.5) is 5.69 Å². The Balaban J connectivity index is 2.59. The fraction of sp³-hybridized carbons (Fsp3) is 0.308. The van der Waals surface area contributed by atoms with Gasteiger partial charge in [-0.15, -0.1) is 0 Å². The molecule has 2 rings (SSSR count). The summed E-state index contributed by atoms with van der Waals surface area (Å²) < 4.78 is 7.11. The van der Waals surface area contributed by atoms with Gasteiger partial charge in [-0.3, -0.25) is 0 Å². The summed E-state index contributed by atoms with van der Waals surface area (Å²) in [4.78, 5) is 0. The van der Waals surface area contributed by atoms with Gasteiger partial charge in [0.1, 0.15) is 5.75 Å². The van der Waals surface area contributed by atoms with Gasteiger partial charge in [0, 0.05) is 23.5 Å². The van der Waals surface area contributed by atoms with Crippen molar-refractivity contribution in [1.82, 2.24) is 9.78 Å². The van der Waals surface area contributed by atoms with Crippen molar-refractivity contribution in [2.75, 3.05) is 12.8 Å². The van der Waals surface area contributed by atoms with E-state index in [-0.39, 0.29) is 0 Å². The zero-order valence-electron chi connectivity index (χ0n) is 10.6. The molecular weight excluding hydrogens is 214 g/mol. The van der Waals surface area contributed by atoms with Crippen LogP contribution >= 0.6 is 0 Å². The van der Waals surface area contributed by atoms with Crippen molar-refractivity contribution >= 4 is 5.69 Å². The van der Waals surface area contributed by atoms with Crippen LogP contribution in [-0.4, -0.2) is 16.9 Å². The van der Waals surface area contributed by atoms with Crippen LogP contribution in [0.25, 0.3) is 5.69 Å². The fourth-order valence-electron chi connectivity index (χ4n) is 1.82. The lowest BCUT2D eigenvalue weighted by molar-refractivity contribution is 0.414. The van der Waals surface area contributed by atoms with Crippen LogP contribution in [0.5, 0.6) is 5.75 Å². The largest absolute Gasteiger partial charge is 0.497 e. The third kappa shape index (κ3) is 1.98. The van der Waals surface area contributed by atoms with Crippen molar-refractivity contribution in [2.24, 2.45) is 0 Å². The third-order valence-electron chi connectivity index (χ3n) is 3.05. The Labute approximate surface area is 101 Å². The van der Waals surface area contributed by atoms with E-state index in [1.54, 1.807) is 13.2 Å². The smallest absolute Gasteiger partial charge is 0.123 e. The molecule has 1 aromatic carbocycles. The highest BCUT2D eigenvalue weighted by Crippen LogP contribution is 2.23. The molecule has 0 unspecified atom stereocenters. The number of anilines is 1. The maximum absolute atomic E-state index is 5.85. The number of methoxy groups -OCH3 is 1. The zero-order valence-corrected chi connectivity index (χ0v) is 10.6. The van der Waals surface area contributed by atoms with Gasteiger partial charge in [0.15, 0.2) is 0 Å². The third-order valence-corrected chi connectivity index (χ3v) is 3.05. The first-order chi connectivity index (χ1) is 8.02. The van der Waals surface area contributed by atoms with Gasteiger partial charge in [-0.25, -0.2) is 4.68 Å². The molecule has 0 saturated heterocycles. The second-order valence-corrected chi connectivity index (χ2v) is 4.17. The fourth-order valence-corrected chi connectivity index (χ4v) is 1.82. The minimum atomic E-state index is 0.671. The average Bonchev–Trinajstić information content (AvgIpc) is 2.56. The standard InChI is InChI=1S/C13H17N3O/c1-8-9(2)15-16(10(8)3)12-5-11(14)6-13(7-12)17-4/h5-7H,14H2,1-4H3. The van der Waals surface area contributed by atoms with Crippen molar-refractivity contribution in [2.45, 2.75) is 20.8 Å². The van der Waals surface area contributed by atoms with Crippen LogP contribution in [-0.2, 0) is 0 Å². The maximum Gasteiger partial charge on any atom is 0.123 e. The molecule has 17 heavy (non-hydrogen) atoms. The topological polar surface area (TPSA) is 53.1 Å². The molecule has 2 aromatic rings. The molecule has 0 bridgehead atoms. The highest BCUT2D eigenvalue weighted by Gasteiger charge is 2.10. The molecule has 0 spiro atoms. The van der Waals surface area contributed by atoms with Crippen LogP contribution in [0.1, 0.15) is 17.0 Å². The van der Waals surface area contributed by atoms with Gasteiger partial charge in [0.2, 0.25) is 0 Å². The zero-order chi connectivity index (χ0) is 12.6. The van der Waals surface area contributed by atoms with E-state index >= 15 is 0 Å². The summed E-state index contributed by atoms with van der Waals surface area (Å²) >= 11 is 0. The first-order valence-electron chi connectivity index (χ1n) is 5.50. The van der Waals surface area contributed by atoms with E-state index in [0.717, 1.165) is 22.8 Å². The number of nitrogens with two attached hydrogens (primary N) is 1. The normalized spacial score (nSPS) is 10.6. The number of hydrogen-bond acceptors (Lipinski definition) is 3. The van der Waals surface area contributed by atoms with Crippen molar-refractivity contribution < 1.29 is 4.74 Å². The molecule has 2 N–H and O–H groups in total. The number of ether oxygens (including phenoxy) is 1. The van der Waals surface area contributed by atoms with Crippen LogP contribution in [0.3, 0.4) is 0 Å². The van der Waals surface area contributed by atoms with Crippen LogP contribution in [0.2, 0.25) is 0 Å². The molecule has 4 nitrogen and oxygen atoms in total. The molecule has 1 aromatic heterocycles. The van der Waals surface area contributed by atoms with Crippen molar-refractivity contribution in [3.63, 3.8) is 0 Å². The van der Waals surface area contributed by atoms with Gasteiger partial charge >= 0.3 is 0 Å². The molecule has 0 atom stereocenters. The summed E-state index contributed by atoms with van der Waals surface area (Å²) in [5.74, 6) is 0.741. The number of rotatable bonds is 2. The molecule has 0 aliphatic rings. The Bertz CT molecular complexity index is 558. The monoisotopic (exact) mass is 231 g/mol. The SMILES string of the molecule is COc1cc(N)cc(-n2nc(C)c(C)c2C)c1. The highest BCUT2D eigenvalue weighted by atomic mass is 16.5. The number of aryl methyl sites for hydroxylation is 1. The molecule has 1 heterocycles. The number of nitrogens with zero attached hydrogens (tertiary/aromatic N) is 2. The molecule has 0 amide bonds. The van der Waals surface area contributed by atoms with E-state index < -0.39 is 0 Å². The number of benzene rings is 1. The van der Waals surface area contributed by atoms with E-state index in [1.807, 2.05) is 30.7 Å². The summed E-state index contributed by atoms with van der Waals surface area (Å²) in [6.45, 7) is 6.12. The Kier molecular flexibility index (Phi) is 2.79. The molecule has 0 aliphatic heterocycles. The summed E-state index contributed by atoms with van der Waals surface area (Å²) in [5, 5.41) is 4.50. The molecule has 0 fully saturated rings. The quantitative estimate of drug-likeness (QED) is 0.807. The lowest BCUT2D eigenvalue weighted by Gasteiger charge is -2.08. The van der Waals surface area contributed by atoms with E-state index in [1.165, 1.54) is 5.56 Å². The van der Waals surface area contributed by atoms with Crippen LogP contribution < -0.4 is 10.5 Å². The first-order valence-corrected chi connectivity index (χ1v) is 5.50. The minimum absolute atomic E-state index is 0.671. The second kappa shape index (κ2) is 4.13. The van der Waals surface area contributed by atoms with E-state index in [9.17, 15) is 0 Å². The van der Waals surface area contributed by atoms with Gasteiger partial charge in [0.25, 0.3) is 0 Å².